The van der Waals surface area contributed by atoms with Crippen molar-refractivity contribution in [3.8, 4) is 0 Å². The number of hydrogen-bond acceptors (Lipinski definition) is 2. The van der Waals surface area contributed by atoms with E-state index in [2.05, 4.69) is 6.92 Å². The molecule has 0 atom stereocenters. The van der Waals surface area contributed by atoms with Gasteiger partial charge < -0.3 is 10.2 Å². The molecule has 4 nitrogen and oxygen atoms in total. The second-order valence-electron chi connectivity index (χ2n) is 8.03. The summed E-state index contributed by atoms with van der Waals surface area (Å²) in [4.78, 5) is 21.5. The highest BCUT2D eigenvalue weighted by Crippen LogP contribution is 2.16. The minimum absolute atomic E-state index is 0.253. The molecule has 0 amide bonds. The maximum absolute atomic E-state index is 10.8. The molecule has 0 heterocycles. The summed E-state index contributed by atoms with van der Waals surface area (Å²) in [5.74, 6) is -3.66. The molecular weight excluding hydrogens is 340 g/mol. The molecule has 0 rings (SSSR count). The lowest BCUT2D eigenvalue weighted by Crippen LogP contribution is -2.23. The molecule has 0 aliphatic heterocycles. The van der Waals surface area contributed by atoms with Crippen LogP contribution in [0.5, 0.6) is 0 Å². The number of unbranched alkanes of at least 4 members (excludes halogenated alkanes) is 17. The summed E-state index contributed by atoms with van der Waals surface area (Å²) in [5.41, 5.74) is 0. The Morgan fingerprint density at radius 3 is 1.04 bits per heavy atom. The molecule has 0 radical (unpaired) electrons. The van der Waals surface area contributed by atoms with E-state index in [1.54, 1.807) is 0 Å². The fraction of sp³-hybridized carbons (Fsp3) is 0.913. The molecule has 2 N–H and O–H groups in total. The fourth-order valence-corrected chi connectivity index (χ4v) is 3.60. The summed E-state index contributed by atoms with van der Waals surface area (Å²) in [6.07, 6.45) is 23.4. The zero-order chi connectivity index (χ0) is 20.2. The van der Waals surface area contributed by atoms with Crippen LogP contribution in [0.15, 0.2) is 0 Å². The van der Waals surface area contributed by atoms with Gasteiger partial charge in [0.05, 0.1) is 0 Å². The van der Waals surface area contributed by atoms with Crippen molar-refractivity contribution in [2.75, 3.05) is 0 Å². The minimum Gasteiger partial charge on any atom is -0.481 e. The van der Waals surface area contributed by atoms with E-state index in [0.29, 0.717) is 6.42 Å². The Kier molecular flexibility index (Phi) is 18.9. The SMILES string of the molecule is CCCCCCCCCCCCCCCCCCCCC(C(=O)O)C(=O)O. The van der Waals surface area contributed by atoms with Crippen LogP contribution in [-0.4, -0.2) is 22.2 Å². The first kappa shape index (κ1) is 25.9. The molecule has 0 saturated heterocycles. The maximum Gasteiger partial charge on any atom is 0.317 e. The number of carboxylic acid groups (broad SMARTS) is 2. The van der Waals surface area contributed by atoms with E-state index in [4.69, 9.17) is 10.2 Å². The van der Waals surface area contributed by atoms with Crippen LogP contribution in [0.4, 0.5) is 0 Å². The zero-order valence-electron chi connectivity index (χ0n) is 17.7. The van der Waals surface area contributed by atoms with Gasteiger partial charge in [-0.15, -0.1) is 0 Å². The molecule has 0 spiro atoms. The van der Waals surface area contributed by atoms with Gasteiger partial charge in [0.25, 0.3) is 0 Å². The van der Waals surface area contributed by atoms with Crippen molar-refractivity contribution >= 4 is 11.9 Å². The Bertz CT molecular complexity index is 340. The van der Waals surface area contributed by atoms with Gasteiger partial charge in [0, 0.05) is 0 Å². The van der Waals surface area contributed by atoms with Crippen LogP contribution in [0, 0.1) is 5.92 Å². The molecule has 0 fully saturated rings. The van der Waals surface area contributed by atoms with Gasteiger partial charge in [-0.05, 0) is 6.42 Å². The van der Waals surface area contributed by atoms with Crippen molar-refractivity contribution in [2.24, 2.45) is 5.92 Å². The Morgan fingerprint density at radius 1 is 0.519 bits per heavy atom. The number of rotatable bonds is 21. The molecule has 0 aromatic heterocycles. The Labute approximate surface area is 167 Å². The van der Waals surface area contributed by atoms with Crippen LogP contribution in [0.2, 0.25) is 0 Å². The molecule has 0 aromatic rings. The molecule has 0 aliphatic rings. The van der Waals surface area contributed by atoms with E-state index >= 15 is 0 Å². The summed E-state index contributed by atoms with van der Waals surface area (Å²) < 4.78 is 0. The van der Waals surface area contributed by atoms with Crippen LogP contribution in [-0.2, 0) is 9.59 Å². The van der Waals surface area contributed by atoms with Gasteiger partial charge in [-0.1, -0.05) is 122 Å². The van der Waals surface area contributed by atoms with E-state index < -0.39 is 17.9 Å². The molecule has 0 unspecified atom stereocenters. The summed E-state index contributed by atoms with van der Waals surface area (Å²) in [6, 6.07) is 0. The molecule has 0 bridgehead atoms. The highest BCUT2D eigenvalue weighted by Gasteiger charge is 2.24. The van der Waals surface area contributed by atoms with Crippen molar-refractivity contribution in [3.63, 3.8) is 0 Å². The lowest BCUT2D eigenvalue weighted by Gasteiger charge is -2.07. The van der Waals surface area contributed by atoms with E-state index in [-0.39, 0.29) is 6.42 Å². The molecule has 160 valence electrons. The van der Waals surface area contributed by atoms with Gasteiger partial charge in [0.15, 0.2) is 5.92 Å². The number of carboxylic acids is 2. The van der Waals surface area contributed by atoms with E-state index in [1.165, 1.54) is 96.3 Å². The van der Waals surface area contributed by atoms with E-state index in [9.17, 15) is 9.59 Å². The standard InChI is InChI=1S/C23H44O4/c1-2-3-4-5-6-7-8-9-10-11-12-13-14-15-16-17-18-19-20-21(22(24)25)23(26)27/h21H,2-20H2,1H3,(H,24,25)(H,26,27). The van der Waals surface area contributed by atoms with Crippen molar-refractivity contribution in [1.29, 1.82) is 0 Å². The summed E-state index contributed by atoms with van der Waals surface area (Å²) >= 11 is 0. The first-order chi connectivity index (χ1) is 13.1. The van der Waals surface area contributed by atoms with E-state index in [0.717, 1.165) is 12.8 Å². The third-order valence-corrected chi connectivity index (χ3v) is 5.44. The molecule has 0 saturated carbocycles. The number of aliphatic carboxylic acids is 2. The van der Waals surface area contributed by atoms with Crippen molar-refractivity contribution in [3.05, 3.63) is 0 Å². The largest absolute Gasteiger partial charge is 0.481 e. The number of carbonyl (C=O) groups is 2. The summed E-state index contributed by atoms with van der Waals surface area (Å²) in [7, 11) is 0. The molecular formula is C23H44O4. The highest BCUT2D eigenvalue weighted by molar-refractivity contribution is 5.92. The molecule has 0 aliphatic carbocycles. The third kappa shape index (κ3) is 18.1. The summed E-state index contributed by atoms with van der Waals surface area (Å²) in [5, 5.41) is 17.6. The smallest absolute Gasteiger partial charge is 0.317 e. The van der Waals surface area contributed by atoms with Gasteiger partial charge in [0.1, 0.15) is 0 Å². The third-order valence-electron chi connectivity index (χ3n) is 5.44. The maximum atomic E-state index is 10.8. The predicted molar refractivity (Wildman–Crippen MR) is 112 cm³/mol. The van der Waals surface area contributed by atoms with Gasteiger partial charge in [-0.3, -0.25) is 9.59 Å². The molecule has 4 heteroatoms. The Hall–Kier alpha value is -1.06. The van der Waals surface area contributed by atoms with Crippen LogP contribution < -0.4 is 0 Å². The topological polar surface area (TPSA) is 74.6 Å². The van der Waals surface area contributed by atoms with Crippen LogP contribution in [0.25, 0.3) is 0 Å². The van der Waals surface area contributed by atoms with Crippen molar-refractivity contribution in [2.45, 2.75) is 129 Å². The van der Waals surface area contributed by atoms with Gasteiger partial charge in [-0.2, -0.15) is 0 Å². The van der Waals surface area contributed by atoms with Crippen LogP contribution in [0.1, 0.15) is 129 Å². The fourth-order valence-electron chi connectivity index (χ4n) is 3.60. The quantitative estimate of drug-likeness (QED) is 0.162. The summed E-state index contributed by atoms with van der Waals surface area (Å²) in [6.45, 7) is 2.27. The Morgan fingerprint density at radius 2 is 0.778 bits per heavy atom. The van der Waals surface area contributed by atoms with Crippen molar-refractivity contribution in [1.82, 2.24) is 0 Å². The van der Waals surface area contributed by atoms with E-state index in [1.807, 2.05) is 0 Å². The molecule has 27 heavy (non-hydrogen) atoms. The van der Waals surface area contributed by atoms with Crippen LogP contribution >= 0.6 is 0 Å². The monoisotopic (exact) mass is 384 g/mol. The van der Waals surface area contributed by atoms with Gasteiger partial charge in [-0.25, -0.2) is 0 Å². The minimum atomic E-state index is -1.23. The first-order valence-electron chi connectivity index (χ1n) is 11.5. The second kappa shape index (κ2) is 19.7. The zero-order valence-corrected chi connectivity index (χ0v) is 17.7. The average molecular weight is 385 g/mol. The van der Waals surface area contributed by atoms with Gasteiger partial charge in [0.2, 0.25) is 0 Å². The normalized spacial score (nSPS) is 11.2. The number of hydrogen-bond donors (Lipinski definition) is 2. The molecule has 0 aromatic carbocycles. The predicted octanol–water partition coefficient (Wildman–Crippen LogP) is 7.20. The average Bonchev–Trinajstić information content (AvgIpc) is 2.63. The Balaban J connectivity index is 3.19. The second-order valence-corrected chi connectivity index (χ2v) is 8.03. The first-order valence-corrected chi connectivity index (χ1v) is 11.5. The van der Waals surface area contributed by atoms with Gasteiger partial charge >= 0.3 is 11.9 Å². The van der Waals surface area contributed by atoms with Crippen molar-refractivity contribution < 1.29 is 19.8 Å². The highest BCUT2D eigenvalue weighted by atomic mass is 16.4. The lowest BCUT2D eigenvalue weighted by atomic mass is 10.00. The lowest BCUT2D eigenvalue weighted by molar-refractivity contribution is -0.154. The van der Waals surface area contributed by atoms with Crippen LogP contribution in [0.3, 0.4) is 0 Å².